The quantitative estimate of drug-likeness (QED) is 0.877. The van der Waals surface area contributed by atoms with E-state index in [1.165, 1.54) is 10.4 Å². The number of amides is 1. The van der Waals surface area contributed by atoms with E-state index in [4.69, 9.17) is 11.6 Å². The van der Waals surface area contributed by atoms with Crippen molar-refractivity contribution in [1.82, 2.24) is 4.31 Å². The molecule has 24 heavy (non-hydrogen) atoms. The van der Waals surface area contributed by atoms with Crippen molar-refractivity contribution >= 4 is 44.6 Å². The van der Waals surface area contributed by atoms with Crippen LogP contribution in [-0.2, 0) is 14.8 Å². The highest BCUT2D eigenvalue weighted by molar-refractivity contribution is 7.91. The van der Waals surface area contributed by atoms with E-state index in [1.807, 2.05) is 19.1 Å². The van der Waals surface area contributed by atoms with Crippen molar-refractivity contribution in [3.05, 3.63) is 46.3 Å². The van der Waals surface area contributed by atoms with Gasteiger partial charge in [0, 0.05) is 12.2 Å². The lowest BCUT2D eigenvalue weighted by molar-refractivity contribution is -0.119. The Kier molecular flexibility index (Phi) is 4.96. The third-order valence-electron chi connectivity index (χ3n) is 3.94. The van der Waals surface area contributed by atoms with E-state index in [0.717, 1.165) is 16.9 Å². The monoisotopic (exact) mass is 384 g/mol. The van der Waals surface area contributed by atoms with Gasteiger partial charge in [-0.05, 0) is 44.0 Å². The normalized spacial score (nSPS) is 18.7. The Morgan fingerprint density at radius 3 is 2.58 bits per heavy atom. The molecule has 1 aromatic carbocycles. The lowest BCUT2D eigenvalue weighted by Crippen LogP contribution is -2.42. The molecular formula is C16H17ClN2O3S2. The van der Waals surface area contributed by atoms with E-state index in [-0.39, 0.29) is 10.1 Å². The Balaban J connectivity index is 1.80. The molecule has 0 saturated carbocycles. The maximum Gasteiger partial charge on any atom is 0.253 e. The van der Waals surface area contributed by atoms with E-state index >= 15 is 0 Å². The average Bonchev–Trinajstić information content (AvgIpc) is 3.19. The van der Waals surface area contributed by atoms with Gasteiger partial charge >= 0.3 is 0 Å². The molecule has 2 aromatic rings. The van der Waals surface area contributed by atoms with Crippen LogP contribution in [0.3, 0.4) is 0 Å². The molecule has 1 aliphatic rings. The van der Waals surface area contributed by atoms with Gasteiger partial charge in [0.15, 0.2) is 0 Å². The Morgan fingerprint density at radius 1 is 1.25 bits per heavy atom. The molecular weight excluding hydrogens is 368 g/mol. The second-order valence-electron chi connectivity index (χ2n) is 5.69. The van der Waals surface area contributed by atoms with Gasteiger partial charge in [-0.1, -0.05) is 29.3 Å². The third kappa shape index (κ3) is 3.49. The number of carbonyl (C=O) groups excluding carboxylic acids is 1. The van der Waals surface area contributed by atoms with Crippen molar-refractivity contribution in [3.63, 3.8) is 0 Å². The van der Waals surface area contributed by atoms with Crippen LogP contribution >= 0.6 is 22.9 Å². The molecule has 5 nitrogen and oxygen atoms in total. The van der Waals surface area contributed by atoms with Gasteiger partial charge in [-0.2, -0.15) is 4.31 Å². The highest BCUT2D eigenvalue weighted by atomic mass is 35.5. The molecule has 0 radical (unpaired) electrons. The van der Waals surface area contributed by atoms with Crippen LogP contribution in [0, 0.1) is 6.92 Å². The van der Waals surface area contributed by atoms with E-state index in [9.17, 15) is 13.2 Å². The number of carbonyl (C=O) groups is 1. The number of nitrogens with one attached hydrogen (secondary N) is 1. The number of hydrogen-bond acceptors (Lipinski definition) is 4. The molecule has 1 atom stereocenters. The predicted molar refractivity (Wildman–Crippen MR) is 96.1 cm³/mol. The zero-order chi connectivity index (χ0) is 17.3. The van der Waals surface area contributed by atoms with E-state index < -0.39 is 16.1 Å². The Hall–Kier alpha value is -1.41. The number of halogens is 1. The first-order chi connectivity index (χ1) is 11.4. The maximum absolute atomic E-state index is 12.8. The van der Waals surface area contributed by atoms with Gasteiger partial charge < -0.3 is 5.32 Å². The number of sulfonamides is 1. The first-order valence-corrected chi connectivity index (χ1v) is 10.2. The minimum absolute atomic E-state index is 0.169. The van der Waals surface area contributed by atoms with Crippen LogP contribution in [0.1, 0.15) is 18.4 Å². The Labute approximate surface area is 150 Å². The molecule has 3 rings (SSSR count). The summed E-state index contributed by atoms with van der Waals surface area (Å²) in [6.07, 6.45) is 1.17. The molecule has 1 fully saturated rings. The van der Waals surface area contributed by atoms with Crippen LogP contribution in [0.15, 0.2) is 40.6 Å². The fraction of sp³-hybridized carbons (Fsp3) is 0.312. The molecule has 1 N–H and O–H groups in total. The van der Waals surface area contributed by atoms with E-state index in [2.05, 4.69) is 5.32 Å². The first-order valence-electron chi connectivity index (χ1n) is 7.52. The highest BCUT2D eigenvalue weighted by Gasteiger charge is 2.40. The lowest BCUT2D eigenvalue weighted by atomic mass is 10.2. The van der Waals surface area contributed by atoms with Crippen molar-refractivity contribution < 1.29 is 13.2 Å². The summed E-state index contributed by atoms with van der Waals surface area (Å²) in [5, 5.41) is 2.80. The van der Waals surface area contributed by atoms with Gasteiger partial charge in [0.25, 0.3) is 10.0 Å². The number of aryl methyl sites for hydroxylation is 1. The number of hydrogen-bond donors (Lipinski definition) is 1. The van der Waals surface area contributed by atoms with Gasteiger partial charge in [0.05, 0.1) is 4.34 Å². The third-order valence-corrected chi connectivity index (χ3v) is 7.54. The number of rotatable bonds is 4. The van der Waals surface area contributed by atoms with Crippen LogP contribution in [0.5, 0.6) is 0 Å². The van der Waals surface area contributed by atoms with Gasteiger partial charge in [0.1, 0.15) is 10.3 Å². The van der Waals surface area contributed by atoms with Gasteiger partial charge in [0.2, 0.25) is 5.91 Å². The van der Waals surface area contributed by atoms with Crippen molar-refractivity contribution in [2.24, 2.45) is 0 Å². The minimum atomic E-state index is -3.70. The molecule has 1 aromatic heterocycles. The van der Waals surface area contributed by atoms with Crippen LogP contribution in [0.4, 0.5) is 5.69 Å². The minimum Gasteiger partial charge on any atom is -0.325 e. The van der Waals surface area contributed by atoms with Gasteiger partial charge in [-0.3, -0.25) is 4.79 Å². The molecule has 1 saturated heterocycles. The molecule has 8 heteroatoms. The van der Waals surface area contributed by atoms with Crippen molar-refractivity contribution in [3.8, 4) is 0 Å². The van der Waals surface area contributed by atoms with E-state index in [1.54, 1.807) is 18.2 Å². The standard InChI is InChI=1S/C16H17ClN2O3S2/c1-11-4-6-12(7-5-11)18-16(20)13-3-2-10-19(13)24(21,22)15-9-8-14(17)23-15/h4-9,13H,2-3,10H2,1H3,(H,18,20). The summed E-state index contributed by atoms with van der Waals surface area (Å²) in [7, 11) is -3.70. The molecule has 0 aliphatic carbocycles. The van der Waals surface area contributed by atoms with Crippen LogP contribution in [-0.4, -0.2) is 31.2 Å². The fourth-order valence-corrected chi connectivity index (χ4v) is 5.97. The zero-order valence-electron chi connectivity index (χ0n) is 13.0. The second-order valence-corrected chi connectivity index (χ2v) is 9.52. The topological polar surface area (TPSA) is 66.5 Å². The lowest BCUT2D eigenvalue weighted by Gasteiger charge is -2.22. The zero-order valence-corrected chi connectivity index (χ0v) is 15.4. The first kappa shape index (κ1) is 17.4. The summed E-state index contributed by atoms with van der Waals surface area (Å²) in [6, 6.07) is 9.74. The van der Waals surface area contributed by atoms with Crippen molar-refractivity contribution in [2.45, 2.75) is 30.0 Å². The largest absolute Gasteiger partial charge is 0.325 e. The molecule has 2 heterocycles. The molecule has 1 unspecified atom stereocenters. The van der Waals surface area contributed by atoms with Gasteiger partial charge in [-0.15, -0.1) is 11.3 Å². The van der Waals surface area contributed by atoms with Crippen molar-refractivity contribution in [2.75, 3.05) is 11.9 Å². The fourth-order valence-electron chi connectivity index (χ4n) is 2.70. The summed E-state index contributed by atoms with van der Waals surface area (Å²) < 4.78 is 27.4. The Morgan fingerprint density at radius 2 is 1.96 bits per heavy atom. The molecule has 1 aliphatic heterocycles. The predicted octanol–water partition coefficient (Wildman–Crippen LogP) is 3.50. The summed E-state index contributed by atoms with van der Waals surface area (Å²) in [5.74, 6) is -0.303. The molecule has 0 bridgehead atoms. The smallest absolute Gasteiger partial charge is 0.253 e. The second kappa shape index (κ2) is 6.84. The number of nitrogens with zero attached hydrogens (tertiary/aromatic N) is 1. The number of thiophene rings is 1. The van der Waals surface area contributed by atoms with E-state index in [0.29, 0.717) is 29.4 Å². The van der Waals surface area contributed by atoms with Crippen LogP contribution < -0.4 is 5.32 Å². The summed E-state index contributed by atoms with van der Waals surface area (Å²) in [4.78, 5) is 12.6. The summed E-state index contributed by atoms with van der Waals surface area (Å²) in [5.41, 5.74) is 1.75. The average molecular weight is 385 g/mol. The Bertz CT molecular complexity index is 846. The summed E-state index contributed by atoms with van der Waals surface area (Å²) in [6.45, 7) is 2.30. The SMILES string of the molecule is Cc1ccc(NC(=O)C2CCCN2S(=O)(=O)c2ccc(Cl)s2)cc1. The van der Waals surface area contributed by atoms with Crippen LogP contribution in [0.2, 0.25) is 4.34 Å². The van der Waals surface area contributed by atoms with Crippen molar-refractivity contribution in [1.29, 1.82) is 0 Å². The van der Waals surface area contributed by atoms with Gasteiger partial charge in [-0.25, -0.2) is 8.42 Å². The summed E-state index contributed by atoms with van der Waals surface area (Å²) >= 11 is 6.85. The molecule has 128 valence electrons. The number of benzene rings is 1. The molecule has 0 spiro atoms. The van der Waals surface area contributed by atoms with Crippen LogP contribution in [0.25, 0.3) is 0 Å². The maximum atomic E-state index is 12.8. The molecule has 1 amide bonds. The highest BCUT2D eigenvalue weighted by Crippen LogP contribution is 2.32. The number of anilines is 1.